The fourth-order valence-corrected chi connectivity index (χ4v) is 1.47. The summed E-state index contributed by atoms with van der Waals surface area (Å²) >= 11 is 0. The van der Waals surface area contributed by atoms with E-state index in [1.54, 1.807) is 6.26 Å². The SMILES string of the molecule is O=C1CC(C2C=CC=CC2)=CO1. The first kappa shape index (κ1) is 7.35. The fourth-order valence-electron chi connectivity index (χ4n) is 1.47. The van der Waals surface area contributed by atoms with Gasteiger partial charge in [0.1, 0.15) is 0 Å². The maximum absolute atomic E-state index is 10.8. The summed E-state index contributed by atoms with van der Waals surface area (Å²) < 4.78 is 4.76. The molecule has 0 amide bonds. The normalized spacial score (nSPS) is 27.2. The molecule has 12 heavy (non-hydrogen) atoms. The number of carbonyl (C=O) groups is 1. The third-order valence-corrected chi connectivity index (χ3v) is 2.15. The number of ether oxygens (including phenoxy) is 1. The summed E-state index contributed by atoms with van der Waals surface area (Å²) in [6, 6.07) is 0. The molecule has 2 aliphatic rings. The van der Waals surface area contributed by atoms with Crippen LogP contribution in [0.4, 0.5) is 0 Å². The van der Waals surface area contributed by atoms with E-state index in [-0.39, 0.29) is 5.97 Å². The summed E-state index contributed by atoms with van der Waals surface area (Å²) in [7, 11) is 0. The van der Waals surface area contributed by atoms with Gasteiger partial charge in [-0.25, -0.2) is 0 Å². The first-order chi connectivity index (χ1) is 5.86. The number of cyclic esters (lactones) is 1. The third kappa shape index (κ3) is 1.33. The Bertz CT molecular complexity index is 284. The predicted molar refractivity (Wildman–Crippen MR) is 45.2 cm³/mol. The van der Waals surface area contributed by atoms with Crippen LogP contribution in [0.5, 0.6) is 0 Å². The van der Waals surface area contributed by atoms with Gasteiger partial charge in [-0.1, -0.05) is 24.3 Å². The van der Waals surface area contributed by atoms with Crippen LogP contribution in [-0.4, -0.2) is 5.97 Å². The zero-order valence-electron chi connectivity index (χ0n) is 6.69. The molecule has 1 aliphatic carbocycles. The second kappa shape index (κ2) is 2.97. The number of esters is 1. The van der Waals surface area contributed by atoms with Crippen molar-refractivity contribution < 1.29 is 9.53 Å². The first-order valence-electron chi connectivity index (χ1n) is 4.08. The van der Waals surface area contributed by atoms with Gasteiger partial charge in [-0.05, 0) is 12.0 Å². The van der Waals surface area contributed by atoms with Gasteiger partial charge in [0.05, 0.1) is 12.7 Å². The minimum Gasteiger partial charge on any atom is -0.434 e. The number of hydrogen-bond donors (Lipinski definition) is 0. The van der Waals surface area contributed by atoms with Crippen LogP contribution in [-0.2, 0) is 9.53 Å². The van der Waals surface area contributed by atoms with Gasteiger partial charge in [0, 0.05) is 5.92 Å². The highest BCUT2D eigenvalue weighted by Gasteiger charge is 2.20. The number of rotatable bonds is 1. The summed E-state index contributed by atoms with van der Waals surface area (Å²) in [5, 5.41) is 0. The van der Waals surface area contributed by atoms with E-state index in [2.05, 4.69) is 12.2 Å². The molecule has 0 aromatic rings. The lowest BCUT2D eigenvalue weighted by Gasteiger charge is -2.11. The van der Waals surface area contributed by atoms with Crippen molar-refractivity contribution >= 4 is 5.97 Å². The highest BCUT2D eigenvalue weighted by molar-refractivity contribution is 5.76. The average Bonchev–Trinajstić information content (AvgIpc) is 2.54. The van der Waals surface area contributed by atoms with E-state index < -0.39 is 0 Å². The third-order valence-electron chi connectivity index (χ3n) is 2.15. The monoisotopic (exact) mass is 162 g/mol. The van der Waals surface area contributed by atoms with Crippen molar-refractivity contribution in [2.75, 3.05) is 0 Å². The van der Waals surface area contributed by atoms with Gasteiger partial charge in [0.25, 0.3) is 0 Å². The van der Waals surface area contributed by atoms with Gasteiger partial charge >= 0.3 is 5.97 Å². The second-order valence-corrected chi connectivity index (χ2v) is 3.01. The molecule has 2 rings (SSSR count). The Balaban J connectivity index is 2.06. The van der Waals surface area contributed by atoms with Crippen molar-refractivity contribution in [2.24, 2.45) is 5.92 Å². The summed E-state index contributed by atoms with van der Waals surface area (Å²) in [6.45, 7) is 0. The molecule has 0 fully saturated rings. The van der Waals surface area contributed by atoms with E-state index in [9.17, 15) is 4.79 Å². The average molecular weight is 162 g/mol. The van der Waals surface area contributed by atoms with Crippen LogP contribution in [0.25, 0.3) is 0 Å². The molecule has 62 valence electrons. The van der Waals surface area contributed by atoms with Crippen LogP contribution in [0.15, 0.2) is 36.1 Å². The predicted octanol–water partition coefficient (Wildman–Crippen LogP) is 1.95. The topological polar surface area (TPSA) is 26.3 Å². The summed E-state index contributed by atoms with van der Waals surface area (Å²) in [5.41, 5.74) is 1.10. The zero-order chi connectivity index (χ0) is 8.39. The van der Waals surface area contributed by atoms with E-state index in [4.69, 9.17) is 4.74 Å². The molecule has 0 radical (unpaired) electrons. The van der Waals surface area contributed by atoms with E-state index in [1.165, 1.54) is 0 Å². The molecule has 0 aromatic heterocycles. The van der Waals surface area contributed by atoms with Crippen LogP contribution >= 0.6 is 0 Å². The minimum absolute atomic E-state index is 0.132. The Hall–Kier alpha value is -1.31. The van der Waals surface area contributed by atoms with Gasteiger partial charge in [-0.15, -0.1) is 0 Å². The van der Waals surface area contributed by atoms with Crippen molar-refractivity contribution in [3.63, 3.8) is 0 Å². The van der Waals surface area contributed by atoms with E-state index in [0.29, 0.717) is 12.3 Å². The van der Waals surface area contributed by atoms with E-state index >= 15 is 0 Å². The maximum atomic E-state index is 10.8. The minimum atomic E-state index is -0.132. The van der Waals surface area contributed by atoms with E-state index in [0.717, 1.165) is 12.0 Å². The molecule has 1 aliphatic heterocycles. The largest absolute Gasteiger partial charge is 0.434 e. The lowest BCUT2D eigenvalue weighted by atomic mass is 9.92. The molecule has 1 heterocycles. The Labute approximate surface area is 71.2 Å². The van der Waals surface area contributed by atoms with Crippen molar-refractivity contribution in [1.29, 1.82) is 0 Å². The molecule has 1 unspecified atom stereocenters. The molecule has 0 saturated carbocycles. The molecule has 0 saturated heterocycles. The molecular weight excluding hydrogens is 152 g/mol. The van der Waals surface area contributed by atoms with Crippen molar-refractivity contribution in [3.8, 4) is 0 Å². The highest BCUT2D eigenvalue weighted by atomic mass is 16.5. The summed E-state index contributed by atoms with van der Waals surface area (Å²) in [5.74, 6) is 0.245. The molecule has 2 nitrogen and oxygen atoms in total. The fraction of sp³-hybridized carbons (Fsp3) is 0.300. The van der Waals surface area contributed by atoms with Crippen LogP contribution < -0.4 is 0 Å². The lowest BCUT2D eigenvalue weighted by Crippen LogP contribution is -2.01. The standard InChI is InChI=1S/C10H10O2/c11-10-6-9(7-12-10)8-4-2-1-3-5-8/h1-4,7-8H,5-6H2. The number of carbonyl (C=O) groups excluding carboxylic acids is 1. The maximum Gasteiger partial charge on any atom is 0.314 e. The van der Waals surface area contributed by atoms with Crippen molar-refractivity contribution in [2.45, 2.75) is 12.8 Å². The highest BCUT2D eigenvalue weighted by Crippen LogP contribution is 2.27. The lowest BCUT2D eigenvalue weighted by molar-refractivity contribution is -0.135. The van der Waals surface area contributed by atoms with Crippen LogP contribution in [0.1, 0.15) is 12.8 Å². The molecule has 0 spiro atoms. The summed E-state index contributed by atoms with van der Waals surface area (Å²) in [6.07, 6.45) is 11.3. The molecule has 0 aromatic carbocycles. The quantitative estimate of drug-likeness (QED) is 0.551. The Morgan fingerprint density at radius 1 is 1.42 bits per heavy atom. The van der Waals surface area contributed by atoms with Gasteiger partial charge in [-0.2, -0.15) is 0 Å². The second-order valence-electron chi connectivity index (χ2n) is 3.01. The molecular formula is C10H10O2. The van der Waals surface area contributed by atoms with Crippen LogP contribution in [0, 0.1) is 5.92 Å². The Morgan fingerprint density at radius 2 is 2.33 bits per heavy atom. The molecule has 2 heteroatoms. The number of allylic oxidation sites excluding steroid dienone is 4. The zero-order valence-corrected chi connectivity index (χ0v) is 6.69. The van der Waals surface area contributed by atoms with Gasteiger partial charge < -0.3 is 4.74 Å². The van der Waals surface area contributed by atoms with Crippen LogP contribution in [0.3, 0.4) is 0 Å². The van der Waals surface area contributed by atoms with Gasteiger partial charge in [0.15, 0.2) is 0 Å². The Morgan fingerprint density at radius 3 is 2.92 bits per heavy atom. The van der Waals surface area contributed by atoms with Crippen molar-refractivity contribution in [3.05, 3.63) is 36.1 Å². The first-order valence-corrected chi connectivity index (χ1v) is 4.08. The van der Waals surface area contributed by atoms with Gasteiger partial charge in [-0.3, -0.25) is 4.79 Å². The molecule has 0 N–H and O–H groups in total. The Kier molecular flexibility index (Phi) is 1.82. The van der Waals surface area contributed by atoms with Crippen molar-refractivity contribution in [1.82, 2.24) is 0 Å². The van der Waals surface area contributed by atoms with E-state index in [1.807, 2.05) is 12.2 Å². The van der Waals surface area contributed by atoms with Crippen LogP contribution in [0.2, 0.25) is 0 Å². The molecule has 0 bridgehead atoms. The summed E-state index contributed by atoms with van der Waals surface area (Å²) in [4.78, 5) is 10.8. The van der Waals surface area contributed by atoms with Gasteiger partial charge in [0.2, 0.25) is 0 Å². The molecule has 1 atom stereocenters. The number of hydrogen-bond acceptors (Lipinski definition) is 2. The smallest absolute Gasteiger partial charge is 0.314 e.